The predicted octanol–water partition coefficient (Wildman–Crippen LogP) is 3.32. The predicted molar refractivity (Wildman–Crippen MR) is 120 cm³/mol. The average Bonchev–Trinajstić information content (AvgIpc) is 3.14. The molecule has 0 unspecified atom stereocenters. The van der Waals surface area contributed by atoms with Crippen molar-refractivity contribution < 1.29 is 14.3 Å². The van der Waals surface area contributed by atoms with E-state index in [0.717, 1.165) is 16.8 Å². The van der Waals surface area contributed by atoms with Gasteiger partial charge in [0.15, 0.2) is 17.1 Å². The van der Waals surface area contributed by atoms with Crippen LogP contribution in [0.25, 0.3) is 5.65 Å². The van der Waals surface area contributed by atoms with E-state index in [2.05, 4.69) is 20.4 Å². The molecule has 4 aromatic rings. The number of benzene rings is 1. The Morgan fingerprint density at radius 3 is 2.66 bits per heavy atom. The van der Waals surface area contributed by atoms with Gasteiger partial charge in [-0.05, 0) is 44.5 Å². The molecule has 0 saturated carbocycles. The van der Waals surface area contributed by atoms with Gasteiger partial charge in [-0.25, -0.2) is 14.5 Å². The minimum Gasteiger partial charge on any atom is -0.493 e. The highest BCUT2D eigenvalue weighted by Crippen LogP contribution is 2.31. The van der Waals surface area contributed by atoms with E-state index in [1.807, 2.05) is 39.0 Å². The van der Waals surface area contributed by atoms with E-state index in [9.17, 15) is 9.59 Å². The first-order valence-corrected chi connectivity index (χ1v) is 10.0. The van der Waals surface area contributed by atoms with Gasteiger partial charge in [0.1, 0.15) is 0 Å². The van der Waals surface area contributed by atoms with Gasteiger partial charge in [-0.2, -0.15) is 0 Å². The van der Waals surface area contributed by atoms with Crippen molar-refractivity contribution in [3.63, 3.8) is 0 Å². The number of aryl methyl sites for hydroxylation is 3. The number of aromatic nitrogens is 4. The maximum Gasteiger partial charge on any atom is 0.266 e. The Labute approximate surface area is 184 Å². The molecule has 0 aliphatic carbocycles. The number of methoxy groups -OCH3 is 1. The zero-order valence-corrected chi connectivity index (χ0v) is 18.2. The van der Waals surface area contributed by atoms with Crippen molar-refractivity contribution in [2.24, 2.45) is 0 Å². The van der Waals surface area contributed by atoms with Crippen molar-refractivity contribution in [1.82, 2.24) is 19.6 Å². The molecule has 4 rings (SSSR count). The standard InChI is InChI=1S/C23H23N5O4/c1-13-5-7-18(19(9-13)31-4)32-23-8-6-16(12-24-23)26-21(29)10-17-14(2)25-20-11-22(30)27-28(20)15(17)3/h5-9,11-12H,10H2,1-4H3,(H,26,29)(H,27,30). The number of anilines is 1. The SMILES string of the molecule is COc1cc(C)ccc1Oc1ccc(NC(=O)Cc2c(C)nc3cc(=O)[nH]n3c2C)cn1. The van der Waals surface area contributed by atoms with Gasteiger partial charge in [0.25, 0.3) is 5.56 Å². The molecule has 1 amide bonds. The molecule has 3 aromatic heterocycles. The molecule has 9 nitrogen and oxygen atoms in total. The molecule has 9 heteroatoms. The number of nitrogens with zero attached hydrogens (tertiary/aromatic N) is 3. The van der Waals surface area contributed by atoms with Gasteiger partial charge >= 0.3 is 0 Å². The van der Waals surface area contributed by atoms with Gasteiger partial charge < -0.3 is 14.8 Å². The van der Waals surface area contributed by atoms with Gasteiger partial charge in [0.2, 0.25) is 11.8 Å². The molecule has 0 saturated heterocycles. The van der Waals surface area contributed by atoms with Crippen molar-refractivity contribution in [2.45, 2.75) is 27.2 Å². The number of amides is 1. The first kappa shape index (κ1) is 21.1. The molecule has 0 aliphatic heterocycles. The Bertz CT molecular complexity index is 1360. The molecule has 32 heavy (non-hydrogen) atoms. The lowest BCUT2D eigenvalue weighted by molar-refractivity contribution is -0.115. The number of carbonyl (C=O) groups excluding carboxylic acids is 1. The highest BCUT2D eigenvalue weighted by atomic mass is 16.5. The Hall–Kier alpha value is -4.14. The van der Waals surface area contributed by atoms with E-state index in [4.69, 9.17) is 9.47 Å². The topological polar surface area (TPSA) is 111 Å². The number of hydrogen-bond acceptors (Lipinski definition) is 6. The van der Waals surface area contributed by atoms with Gasteiger partial charge in [-0.15, -0.1) is 0 Å². The second-order valence-electron chi connectivity index (χ2n) is 7.44. The highest BCUT2D eigenvalue weighted by molar-refractivity contribution is 5.92. The van der Waals surface area contributed by atoms with Gasteiger partial charge in [-0.3, -0.25) is 14.7 Å². The minimum absolute atomic E-state index is 0.111. The largest absolute Gasteiger partial charge is 0.493 e. The molecular formula is C23H23N5O4. The summed E-state index contributed by atoms with van der Waals surface area (Å²) in [6.45, 7) is 5.63. The molecule has 164 valence electrons. The summed E-state index contributed by atoms with van der Waals surface area (Å²) in [5, 5.41) is 5.52. The lowest BCUT2D eigenvalue weighted by Gasteiger charge is -2.12. The number of rotatable bonds is 6. The second kappa shape index (κ2) is 8.54. The van der Waals surface area contributed by atoms with Crippen LogP contribution in [0.1, 0.15) is 22.5 Å². The van der Waals surface area contributed by atoms with Crippen molar-refractivity contribution in [2.75, 3.05) is 12.4 Å². The van der Waals surface area contributed by atoms with Crippen LogP contribution in [0.4, 0.5) is 5.69 Å². The summed E-state index contributed by atoms with van der Waals surface area (Å²) in [5.74, 6) is 1.33. The number of carbonyl (C=O) groups is 1. The zero-order valence-electron chi connectivity index (χ0n) is 18.2. The molecule has 0 radical (unpaired) electrons. The van der Waals surface area contributed by atoms with E-state index in [1.165, 1.54) is 12.3 Å². The molecule has 0 atom stereocenters. The fourth-order valence-electron chi connectivity index (χ4n) is 3.46. The van der Waals surface area contributed by atoms with Crippen LogP contribution in [0.15, 0.2) is 47.4 Å². The number of aromatic amines is 1. The van der Waals surface area contributed by atoms with Crippen LogP contribution in [0, 0.1) is 20.8 Å². The maximum absolute atomic E-state index is 12.6. The number of pyridine rings is 1. The van der Waals surface area contributed by atoms with Gasteiger partial charge in [0, 0.05) is 29.1 Å². The van der Waals surface area contributed by atoms with E-state index in [1.54, 1.807) is 23.8 Å². The molecule has 1 aromatic carbocycles. The van der Waals surface area contributed by atoms with E-state index < -0.39 is 0 Å². The summed E-state index contributed by atoms with van der Waals surface area (Å²) in [5.41, 5.74) is 4.10. The third-order valence-electron chi connectivity index (χ3n) is 5.09. The Balaban J connectivity index is 1.46. The summed E-state index contributed by atoms with van der Waals surface area (Å²) in [6.07, 6.45) is 1.64. The molecule has 0 aliphatic rings. The quantitative estimate of drug-likeness (QED) is 0.483. The fraction of sp³-hybridized carbons (Fsp3) is 0.217. The van der Waals surface area contributed by atoms with E-state index in [0.29, 0.717) is 34.4 Å². The third kappa shape index (κ3) is 4.31. The normalized spacial score (nSPS) is 10.9. The number of ether oxygens (including phenoxy) is 2. The number of H-pyrrole nitrogens is 1. The van der Waals surface area contributed by atoms with Crippen molar-refractivity contribution in [3.8, 4) is 17.4 Å². The molecule has 2 N–H and O–H groups in total. The lowest BCUT2D eigenvalue weighted by atomic mass is 10.1. The van der Waals surface area contributed by atoms with Crippen LogP contribution < -0.4 is 20.3 Å². The monoisotopic (exact) mass is 433 g/mol. The van der Waals surface area contributed by atoms with Crippen LogP contribution in [0.3, 0.4) is 0 Å². The smallest absolute Gasteiger partial charge is 0.266 e. The minimum atomic E-state index is -0.238. The lowest BCUT2D eigenvalue weighted by Crippen LogP contribution is -2.18. The fourth-order valence-corrected chi connectivity index (χ4v) is 3.46. The average molecular weight is 433 g/mol. The first-order valence-electron chi connectivity index (χ1n) is 10.0. The van der Waals surface area contributed by atoms with Crippen LogP contribution in [0.5, 0.6) is 17.4 Å². The summed E-state index contributed by atoms with van der Waals surface area (Å²) in [7, 11) is 1.58. The van der Waals surface area contributed by atoms with Crippen LogP contribution in [-0.4, -0.2) is 32.6 Å². The number of nitrogens with one attached hydrogen (secondary N) is 2. The van der Waals surface area contributed by atoms with E-state index >= 15 is 0 Å². The van der Waals surface area contributed by atoms with Crippen LogP contribution in [0.2, 0.25) is 0 Å². The van der Waals surface area contributed by atoms with Crippen molar-refractivity contribution >= 4 is 17.2 Å². The van der Waals surface area contributed by atoms with Gasteiger partial charge in [0.05, 0.1) is 25.4 Å². The van der Waals surface area contributed by atoms with Crippen molar-refractivity contribution in [1.29, 1.82) is 0 Å². The summed E-state index contributed by atoms with van der Waals surface area (Å²) in [6, 6.07) is 10.4. The van der Waals surface area contributed by atoms with E-state index in [-0.39, 0.29) is 17.9 Å². The van der Waals surface area contributed by atoms with Gasteiger partial charge in [-0.1, -0.05) is 6.07 Å². The number of fused-ring (bicyclic) bond motifs is 1. The molecule has 0 fully saturated rings. The molecule has 0 spiro atoms. The van der Waals surface area contributed by atoms with Crippen LogP contribution >= 0.6 is 0 Å². The van der Waals surface area contributed by atoms with Crippen molar-refractivity contribution in [3.05, 3.63) is 75.5 Å². The molecule has 3 heterocycles. The number of hydrogen-bond donors (Lipinski definition) is 2. The summed E-state index contributed by atoms with van der Waals surface area (Å²) >= 11 is 0. The summed E-state index contributed by atoms with van der Waals surface area (Å²) in [4.78, 5) is 32.9. The first-order chi connectivity index (χ1) is 15.3. The third-order valence-corrected chi connectivity index (χ3v) is 5.09. The molecule has 0 bridgehead atoms. The Morgan fingerprint density at radius 1 is 1.12 bits per heavy atom. The zero-order chi connectivity index (χ0) is 22.8. The Kier molecular flexibility index (Phi) is 5.63. The highest BCUT2D eigenvalue weighted by Gasteiger charge is 2.15. The second-order valence-corrected chi connectivity index (χ2v) is 7.44. The maximum atomic E-state index is 12.6. The van der Waals surface area contributed by atoms with Crippen LogP contribution in [-0.2, 0) is 11.2 Å². The molecular weight excluding hydrogens is 410 g/mol. The summed E-state index contributed by atoms with van der Waals surface area (Å²) < 4.78 is 12.7. The Morgan fingerprint density at radius 2 is 1.94 bits per heavy atom.